The van der Waals surface area contributed by atoms with Crippen molar-refractivity contribution in [3.63, 3.8) is 0 Å². The second-order valence-electron chi connectivity index (χ2n) is 4.07. The maximum Gasteiger partial charge on any atom is 0.0851 e. The minimum Gasteiger partial charge on any atom is -0.386 e. The van der Waals surface area contributed by atoms with E-state index in [0.717, 1.165) is 25.7 Å². The van der Waals surface area contributed by atoms with Crippen LogP contribution in [0.15, 0.2) is 11.6 Å². The zero-order chi connectivity index (χ0) is 9.73. The van der Waals surface area contributed by atoms with Crippen LogP contribution in [0, 0.1) is 0 Å². The first-order valence-electron chi connectivity index (χ1n) is 5.65. The molecule has 1 N–H and O–H groups in total. The fourth-order valence-corrected chi connectivity index (χ4v) is 2.14. The van der Waals surface area contributed by atoms with E-state index in [-0.39, 0.29) is 0 Å². The predicted molar refractivity (Wildman–Crippen MR) is 56.7 cm³/mol. The Kier molecular flexibility index (Phi) is 3.98. The van der Waals surface area contributed by atoms with Crippen molar-refractivity contribution in [1.82, 2.24) is 0 Å². The van der Waals surface area contributed by atoms with E-state index in [2.05, 4.69) is 19.9 Å². The summed E-state index contributed by atoms with van der Waals surface area (Å²) in [4.78, 5) is 0. The van der Waals surface area contributed by atoms with Gasteiger partial charge < -0.3 is 5.11 Å². The van der Waals surface area contributed by atoms with Gasteiger partial charge in [0.15, 0.2) is 0 Å². The third kappa shape index (κ3) is 2.57. The lowest BCUT2D eigenvalue weighted by Crippen LogP contribution is -2.29. The van der Waals surface area contributed by atoms with Gasteiger partial charge in [-0.05, 0) is 44.1 Å². The van der Waals surface area contributed by atoms with Gasteiger partial charge in [-0.25, -0.2) is 0 Å². The molecule has 0 spiro atoms. The molecule has 1 aliphatic rings. The van der Waals surface area contributed by atoms with Crippen LogP contribution in [0.2, 0.25) is 0 Å². The van der Waals surface area contributed by atoms with E-state index in [1.807, 2.05) is 0 Å². The maximum atomic E-state index is 10.3. The Morgan fingerprint density at radius 2 is 1.92 bits per heavy atom. The van der Waals surface area contributed by atoms with Crippen molar-refractivity contribution in [3.05, 3.63) is 11.6 Å². The van der Waals surface area contributed by atoms with Gasteiger partial charge in [0.05, 0.1) is 5.60 Å². The summed E-state index contributed by atoms with van der Waals surface area (Å²) in [6.45, 7) is 4.16. The molecule has 0 aliphatic heterocycles. The second kappa shape index (κ2) is 4.80. The number of aliphatic hydroxyl groups is 1. The van der Waals surface area contributed by atoms with E-state index < -0.39 is 5.60 Å². The molecule has 13 heavy (non-hydrogen) atoms. The van der Waals surface area contributed by atoms with Gasteiger partial charge in [0, 0.05) is 0 Å². The molecule has 0 aromatic heterocycles. The highest BCUT2D eigenvalue weighted by molar-refractivity contribution is 5.17. The molecule has 1 nitrogen and oxygen atoms in total. The van der Waals surface area contributed by atoms with Crippen LogP contribution in [-0.2, 0) is 0 Å². The SMILES string of the molecule is CCC(O)(CC)C1=CCCCCC1. The quantitative estimate of drug-likeness (QED) is 0.663. The summed E-state index contributed by atoms with van der Waals surface area (Å²) in [5.41, 5.74) is 0.805. The third-order valence-corrected chi connectivity index (χ3v) is 3.31. The summed E-state index contributed by atoms with van der Waals surface area (Å²) in [7, 11) is 0. The molecule has 0 amide bonds. The van der Waals surface area contributed by atoms with Gasteiger partial charge in [0.1, 0.15) is 0 Å². The highest BCUT2D eigenvalue weighted by Crippen LogP contribution is 2.31. The lowest BCUT2D eigenvalue weighted by molar-refractivity contribution is 0.0663. The first-order valence-corrected chi connectivity index (χ1v) is 5.65. The Morgan fingerprint density at radius 1 is 1.23 bits per heavy atom. The summed E-state index contributed by atoms with van der Waals surface area (Å²) in [6, 6.07) is 0. The first kappa shape index (κ1) is 10.8. The van der Waals surface area contributed by atoms with Crippen LogP contribution >= 0.6 is 0 Å². The van der Waals surface area contributed by atoms with Gasteiger partial charge in [0.25, 0.3) is 0 Å². The summed E-state index contributed by atoms with van der Waals surface area (Å²) in [5, 5.41) is 10.3. The van der Waals surface area contributed by atoms with E-state index in [4.69, 9.17) is 0 Å². The van der Waals surface area contributed by atoms with Crippen molar-refractivity contribution < 1.29 is 5.11 Å². The number of hydrogen-bond acceptors (Lipinski definition) is 1. The zero-order valence-electron chi connectivity index (χ0n) is 8.97. The van der Waals surface area contributed by atoms with Crippen LogP contribution < -0.4 is 0 Å². The van der Waals surface area contributed by atoms with Crippen molar-refractivity contribution in [3.8, 4) is 0 Å². The van der Waals surface area contributed by atoms with Crippen LogP contribution in [0.5, 0.6) is 0 Å². The van der Waals surface area contributed by atoms with Crippen LogP contribution in [0.3, 0.4) is 0 Å². The Labute approximate surface area is 81.9 Å². The minimum absolute atomic E-state index is 0.496. The predicted octanol–water partition coefficient (Wildman–Crippen LogP) is 3.43. The Balaban J connectivity index is 2.71. The normalized spacial score (nSPS) is 19.5. The second-order valence-corrected chi connectivity index (χ2v) is 4.07. The largest absolute Gasteiger partial charge is 0.386 e. The molecule has 0 saturated heterocycles. The monoisotopic (exact) mass is 182 g/mol. The molecule has 0 radical (unpaired) electrons. The van der Waals surface area contributed by atoms with Gasteiger partial charge >= 0.3 is 0 Å². The highest BCUT2D eigenvalue weighted by atomic mass is 16.3. The molecule has 0 atom stereocenters. The van der Waals surface area contributed by atoms with Crippen LogP contribution in [0.25, 0.3) is 0 Å². The van der Waals surface area contributed by atoms with E-state index in [0.29, 0.717) is 0 Å². The lowest BCUT2D eigenvalue weighted by atomic mass is 9.85. The molecule has 0 heterocycles. The summed E-state index contributed by atoms with van der Waals surface area (Å²) < 4.78 is 0. The van der Waals surface area contributed by atoms with E-state index in [9.17, 15) is 5.11 Å². The molecule has 0 saturated carbocycles. The van der Waals surface area contributed by atoms with Crippen molar-refractivity contribution >= 4 is 0 Å². The van der Waals surface area contributed by atoms with E-state index in [1.54, 1.807) is 0 Å². The molecule has 76 valence electrons. The molecule has 0 aromatic rings. The average Bonchev–Trinajstić information content (AvgIpc) is 2.45. The Bertz CT molecular complexity index is 178. The molecule has 1 rings (SSSR count). The number of rotatable bonds is 3. The molecular weight excluding hydrogens is 160 g/mol. The minimum atomic E-state index is -0.496. The Morgan fingerprint density at radius 3 is 2.54 bits per heavy atom. The van der Waals surface area contributed by atoms with Crippen LogP contribution in [0.1, 0.15) is 58.8 Å². The molecule has 0 unspecified atom stereocenters. The fourth-order valence-electron chi connectivity index (χ4n) is 2.14. The van der Waals surface area contributed by atoms with Crippen molar-refractivity contribution in [1.29, 1.82) is 0 Å². The number of allylic oxidation sites excluding steroid dienone is 1. The van der Waals surface area contributed by atoms with Crippen molar-refractivity contribution in [2.24, 2.45) is 0 Å². The molecule has 0 fully saturated rings. The van der Waals surface area contributed by atoms with Gasteiger partial charge in [0.2, 0.25) is 0 Å². The molecular formula is C12H22O. The topological polar surface area (TPSA) is 20.2 Å². The van der Waals surface area contributed by atoms with Crippen LogP contribution in [-0.4, -0.2) is 10.7 Å². The lowest BCUT2D eigenvalue weighted by Gasteiger charge is -2.28. The van der Waals surface area contributed by atoms with Crippen molar-refractivity contribution in [2.45, 2.75) is 64.4 Å². The smallest absolute Gasteiger partial charge is 0.0851 e. The Hall–Kier alpha value is -0.300. The summed E-state index contributed by atoms with van der Waals surface area (Å²) in [6.07, 6.45) is 10.1. The van der Waals surface area contributed by atoms with Crippen molar-refractivity contribution in [2.75, 3.05) is 0 Å². The van der Waals surface area contributed by atoms with Gasteiger partial charge in [-0.1, -0.05) is 26.3 Å². The third-order valence-electron chi connectivity index (χ3n) is 3.31. The summed E-state index contributed by atoms with van der Waals surface area (Å²) in [5.74, 6) is 0. The van der Waals surface area contributed by atoms with E-state index in [1.165, 1.54) is 24.8 Å². The zero-order valence-corrected chi connectivity index (χ0v) is 8.97. The molecule has 0 bridgehead atoms. The van der Waals surface area contributed by atoms with E-state index >= 15 is 0 Å². The highest BCUT2D eigenvalue weighted by Gasteiger charge is 2.27. The van der Waals surface area contributed by atoms with Gasteiger partial charge in [-0.2, -0.15) is 0 Å². The molecule has 0 aromatic carbocycles. The molecule has 1 aliphatic carbocycles. The first-order chi connectivity index (χ1) is 6.23. The van der Waals surface area contributed by atoms with Gasteiger partial charge in [-0.15, -0.1) is 0 Å². The van der Waals surface area contributed by atoms with Gasteiger partial charge in [-0.3, -0.25) is 0 Å². The van der Waals surface area contributed by atoms with Crippen LogP contribution in [0.4, 0.5) is 0 Å². The maximum absolute atomic E-state index is 10.3. The average molecular weight is 182 g/mol. The molecule has 1 heteroatoms. The number of hydrogen-bond donors (Lipinski definition) is 1. The summed E-state index contributed by atoms with van der Waals surface area (Å²) >= 11 is 0. The fraction of sp³-hybridized carbons (Fsp3) is 0.833. The standard InChI is InChI=1S/C12H22O/c1-3-12(13,4-2)11-9-7-5-6-8-10-11/h9,13H,3-8,10H2,1-2H3.